The van der Waals surface area contributed by atoms with Crippen LogP contribution in [0.2, 0.25) is 0 Å². The Morgan fingerprint density at radius 2 is 1.29 bits per heavy atom. The number of rotatable bonds is 1. The zero-order chi connectivity index (χ0) is 18.7. The van der Waals surface area contributed by atoms with Crippen LogP contribution in [-0.2, 0) is 0 Å². The number of fused-ring (bicyclic) bond motifs is 6. The first-order valence-electron chi connectivity index (χ1n) is 9.38. The Morgan fingerprint density at radius 1 is 0.571 bits per heavy atom. The molecule has 0 N–H and O–H groups in total. The molecule has 6 rings (SSSR count). The summed E-state index contributed by atoms with van der Waals surface area (Å²) in [5, 5.41) is 3.28. The van der Waals surface area contributed by atoms with Crippen molar-refractivity contribution >= 4 is 27.5 Å². The third kappa shape index (κ3) is 1.97. The molecule has 0 spiro atoms. The van der Waals surface area contributed by atoms with E-state index in [4.69, 9.17) is 4.98 Å². The number of carbonyl (C=O) groups is 1. The van der Waals surface area contributed by atoms with Crippen molar-refractivity contribution in [3.63, 3.8) is 0 Å². The van der Waals surface area contributed by atoms with E-state index in [1.165, 1.54) is 0 Å². The van der Waals surface area contributed by atoms with Crippen LogP contribution in [0, 0.1) is 0 Å². The number of aromatic nitrogens is 1. The minimum absolute atomic E-state index is 0.0620. The molecule has 0 amide bonds. The number of hydrogen-bond acceptors (Lipinski definition) is 2. The second-order valence-electron chi connectivity index (χ2n) is 7.13. The van der Waals surface area contributed by atoms with Crippen LogP contribution >= 0.6 is 0 Å². The minimum Gasteiger partial charge on any atom is -0.288 e. The van der Waals surface area contributed by atoms with Crippen molar-refractivity contribution in [2.24, 2.45) is 0 Å². The lowest BCUT2D eigenvalue weighted by atomic mass is 9.92. The molecule has 0 aliphatic heterocycles. The van der Waals surface area contributed by atoms with Gasteiger partial charge in [0.25, 0.3) is 0 Å². The van der Waals surface area contributed by atoms with Crippen LogP contribution in [0.25, 0.3) is 44.1 Å². The summed E-state index contributed by atoms with van der Waals surface area (Å²) in [5.74, 6) is 0.0620. The molecule has 1 aliphatic carbocycles. The number of benzene rings is 4. The number of pyridine rings is 1. The molecule has 1 aliphatic rings. The van der Waals surface area contributed by atoms with Crippen LogP contribution in [0.1, 0.15) is 15.9 Å². The molecule has 0 atom stereocenters. The molecule has 0 radical (unpaired) electrons. The molecule has 0 saturated carbocycles. The van der Waals surface area contributed by atoms with Gasteiger partial charge in [-0.15, -0.1) is 0 Å². The Hall–Kier alpha value is -3.78. The van der Waals surface area contributed by atoms with Gasteiger partial charge in [-0.2, -0.15) is 0 Å². The van der Waals surface area contributed by atoms with E-state index in [1.54, 1.807) is 0 Å². The Balaban J connectivity index is 1.86. The average molecular weight is 357 g/mol. The zero-order valence-corrected chi connectivity index (χ0v) is 15.0. The first-order valence-corrected chi connectivity index (χ1v) is 9.38. The van der Waals surface area contributed by atoms with Crippen LogP contribution in [0.5, 0.6) is 0 Å². The summed E-state index contributed by atoms with van der Waals surface area (Å²) in [6, 6.07) is 30.5. The largest absolute Gasteiger partial charge is 0.288 e. The third-order valence-corrected chi connectivity index (χ3v) is 5.60. The Kier molecular flexibility index (Phi) is 3.06. The van der Waals surface area contributed by atoms with E-state index in [2.05, 4.69) is 36.4 Å². The zero-order valence-electron chi connectivity index (χ0n) is 15.0. The summed E-state index contributed by atoms with van der Waals surface area (Å²) in [6.45, 7) is 0. The van der Waals surface area contributed by atoms with E-state index < -0.39 is 0 Å². The first-order chi connectivity index (χ1) is 13.8. The van der Waals surface area contributed by atoms with Crippen LogP contribution in [-0.4, -0.2) is 10.8 Å². The monoisotopic (exact) mass is 357 g/mol. The molecule has 130 valence electrons. The van der Waals surface area contributed by atoms with Crippen LogP contribution in [0.4, 0.5) is 0 Å². The average Bonchev–Trinajstić information content (AvgIpc) is 3.05. The van der Waals surface area contributed by atoms with Gasteiger partial charge in [-0.1, -0.05) is 91.0 Å². The number of hydrogen-bond donors (Lipinski definition) is 0. The van der Waals surface area contributed by atoms with E-state index in [-0.39, 0.29) is 5.78 Å². The molecule has 1 heterocycles. The molecule has 0 fully saturated rings. The fourth-order valence-corrected chi connectivity index (χ4v) is 4.34. The highest BCUT2D eigenvalue weighted by Gasteiger charge is 2.32. The van der Waals surface area contributed by atoms with Crippen molar-refractivity contribution in [1.82, 2.24) is 4.98 Å². The van der Waals surface area contributed by atoms with Crippen molar-refractivity contribution in [2.75, 3.05) is 0 Å². The number of nitrogens with zero attached hydrogens (tertiary/aromatic N) is 1. The van der Waals surface area contributed by atoms with Gasteiger partial charge in [-0.05, 0) is 10.9 Å². The molecule has 0 saturated heterocycles. The molecular formula is C26H15NO. The topological polar surface area (TPSA) is 30.0 Å². The van der Waals surface area contributed by atoms with Crippen molar-refractivity contribution in [1.29, 1.82) is 0 Å². The van der Waals surface area contributed by atoms with Crippen LogP contribution < -0.4 is 0 Å². The smallest absolute Gasteiger partial charge is 0.196 e. The summed E-state index contributed by atoms with van der Waals surface area (Å²) in [6.07, 6.45) is 0. The number of carbonyl (C=O) groups excluding carboxylic acids is 1. The van der Waals surface area contributed by atoms with Crippen molar-refractivity contribution in [2.45, 2.75) is 0 Å². The lowest BCUT2D eigenvalue weighted by Crippen LogP contribution is -2.01. The molecule has 4 aromatic carbocycles. The highest BCUT2D eigenvalue weighted by atomic mass is 16.1. The van der Waals surface area contributed by atoms with Gasteiger partial charge in [0.15, 0.2) is 5.78 Å². The van der Waals surface area contributed by atoms with E-state index in [0.717, 1.165) is 55.2 Å². The van der Waals surface area contributed by atoms with Gasteiger partial charge in [0.2, 0.25) is 0 Å². The normalized spacial score (nSPS) is 12.4. The van der Waals surface area contributed by atoms with Gasteiger partial charge in [0.1, 0.15) is 0 Å². The molecule has 1 aromatic heterocycles. The quantitative estimate of drug-likeness (QED) is 0.325. The van der Waals surface area contributed by atoms with Gasteiger partial charge in [0, 0.05) is 27.5 Å². The standard InChI is InChI=1S/C26H15NO/c28-26-20-13-7-6-12-19(20)25-23(26)22(17-9-2-1-3-10-17)21-15-14-16-8-4-5-11-18(16)24(21)27-25/h1-15H. The maximum atomic E-state index is 13.3. The molecular weight excluding hydrogens is 342 g/mol. The van der Waals surface area contributed by atoms with Crippen molar-refractivity contribution in [3.8, 4) is 22.4 Å². The van der Waals surface area contributed by atoms with E-state index >= 15 is 0 Å². The fourth-order valence-electron chi connectivity index (χ4n) is 4.34. The summed E-state index contributed by atoms with van der Waals surface area (Å²) < 4.78 is 0. The second kappa shape index (κ2) is 5.61. The maximum Gasteiger partial charge on any atom is 0.196 e. The van der Waals surface area contributed by atoms with Gasteiger partial charge >= 0.3 is 0 Å². The SMILES string of the molecule is O=C1c2ccccc2-c2nc3c(ccc4ccccc43)c(-c3ccccc3)c21. The van der Waals surface area contributed by atoms with E-state index in [1.807, 2.05) is 54.6 Å². The predicted molar refractivity (Wildman–Crippen MR) is 114 cm³/mol. The summed E-state index contributed by atoms with van der Waals surface area (Å²) in [5.41, 5.74) is 6.14. The highest BCUT2D eigenvalue weighted by Crippen LogP contribution is 2.44. The van der Waals surface area contributed by atoms with E-state index in [9.17, 15) is 4.79 Å². The van der Waals surface area contributed by atoms with E-state index in [0.29, 0.717) is 0 Å². The Bertz CT molecular complexity index is 1420. The summed E-state index contributed by atoms with van der Waals surface area (Å²) in [4.78, 5) is 18.4. The lowest BCUT2D eigenvalue weighted by molar-refractivity contribution is 0.104. The highest BCUT2D eigenvalue weighted by molar-refractivity contribution is 6.28. The Morgan fingerprint density at radius 3 is 2.14 bits per heavy atom. The third-order valence-electron chi connectivity index (χ3n) is 5.60. The molecule has 0 bridgehead atoms. The van der Waals surface area contributed by atoms with Crippen LogP contribution in [0.3, 0.4) is 0 Å². The molecule has 5 aromatic rings. The first kappa shape index (κ1) is 15.3. The minimum atomic E-state index is 0.0620. The summed E-state index contributed by atoms with van der Waals surface area (Å²) in [7, 11) is 0. The molecule has 2 nitrogen and oxygen atoms in total. The van der Waals surface area contributed by atoms with Crippen molar-refractivity contribution in [3.05, 3.63) is 102 Å². The molecule has 2 heteroatoms. The summed E-state index contributed by atoms with van der Waals surface area (Å²) >= 11 is 0. The van der Waals surface area contributed by atoms with Crippen LogP contribution in [0.15, 0.2) is 91.0 Å². The van der Waals surface area contributed by atoms with Gasteiger partial charge in [-0.3, -0.25) is 4.79 Å². The second-order valence-corrected chi connectivity index (χ2v) is 7.13. The molecule has 28 heavy (non-hydrogen) atoms. The van der Waals surface area contributed by atoms with Gasteiger partial charge in [0.05, 0.1) is 16.8 Å². The predicted octanol–water partition coefficient (Wildman–Crippen LogP) is 6.27. The maximum absolute atomic E-state index is 13.3. The van der Waals surface area contributed by atoms with Gasteiger partial charge in [-0.25, -0.2) is 4.98 Å². The van der Waals surface area contributed by atoms with Crippen molar-refractivity contribution < 1.29 is 4.79 Å². The molecule has 0 unspecified atom stereocenters. The lowest BCUT2D eigenvalue weighted by Gasteiger charge is -2.14. The van der Waals surface area contributed by atoms with Gasteiger partial charge < -0.3 is 0 Å². The Labute approximate surface area is 162 Å². The number of ketones is 1. The fraction of sp³-hybridized carbons (Fsp3) is 0.